The van der Waals surface area contributed by atoms with E-state index in [9.17, 15) is 9.90 Å². The van der Waals surface area contributed by atoms with Crippen LogP contribution in [-0.2, 0) is 6.61 Å². The number of benzene rings is 2. The predicted molar refractivity (Wildman–Crippen MR) is 88.7 cm³/mol. The van der Waals surface area contributed by atoms with Gasteiger partial charge in [0.15, 0.2) is 0 Å². The van der Waals surface area contributed by atoms with Crippen molar-refractivity contribution < 1.29 is 14.6 Å². The van der Waals surface area contributed by atoms with Gasteiger partial charge in [-0.05, 0) is 24.3 Å². The Morgan fingerprint density at radius 1 is 1.08 bits per heavy atom. The first-order valence-corrected chi connectivity index (χ1v) is 7.30. The van der Waals surface area contributed by atoms with E-state index < -0.39 is 6.09 Å². The number of carbonyl (C=O) groups excluding carboxylic acids is 1. The molecule has 3 N–H and O–H groups in total. The van der Waals surface area contributed by atoms with Crippen LogP contribution in [0.15, 0.2) is 66.7 Å². The number of para-hydroxylation sites is 2. The first kappa shape index (κ1) is 15.6. The fourth-order valence-corrected chi connectivity index (χ4v) is 2.10. The molecule has 0 radical (unpaired) electrons. The Hall–Kier alpha value is -3.32. The molecule has 0 saturated carbocycles. The molecule has 122 valence electrons. The third-order valence-electron chi connectivity index (χ3n) is 3.17. The van der Waals surface area contributed by atoms with Crippen LogP contribution in [-0.4, -0.2) is 21.0 Å². The van der Waals surface area contributed by atoms with Gasteiger partial charge in [0, 0.05) is 6.07 Å². The summed E-state index contributed by atoms with van der Waals surface area (Å²) < 4.78 is 6.70. The molecule has 24 heavy (non-hydrogen) atoms. The number of rotatable bonds is 5. The highest BCUT2D eigenvalue weighted by molar-refractivity contribution is 5.72. The Morgan fingerprint density at radius 2 is 1.75 bits per heavy atom. The number of nitrogens with one attached hydrogen (secondary N) is 2. The Kier molecular flexibility index (Phi) is 4.73. The van der Waals surface area contributed by atoms with Crippen molar-refractivity contribution >= 4 is 11.9 Å². The Balaban J connectivity index is 1.71. The summed E-state index contributed by atoms with van der Waals surface area (Å²) >= 11 is 0. The molecule has 2 aromatic carbocycles. The molecule has 0 fully saturated rings. The normalized spacial score (nSPS) is 10.2. The van der Waals surface area contributed by atoms with Crippen LogP contribution in [0.3, 0.4) is 0 Å². The van der Waals surface area contributed by atoms with E-state index in [0.29, 0.717) is 17.3 Å². The molecule has 7 nitrogen and oxygen atoms in total. The number of nitrogens with zero attached hydrogens (tertiary/aromatic N) is 2. The fourth-order valence-electron chi connectivity index (χ4n) is 2.10. The van der Waals surface area contributed by atoms with Gasteiger partial charge in [0.05, 0.1) is 18.0 Å². The van der Waals surface area contributed by atoms with E-state index >= 15 is 0 Å². The van der Waals surface area contributed by atoms with Crippen LogP contribution >= 0.6 is 0 Å². The van der Waals surface area contributed by atoms with Crippen LogP contribution < -0.4 is 15.6 Å². The molecule has 0 saturated heterocycles. The van der Waals surface area contributed by atoms with Crippen molar-refractivity contribution in [3.63, 3.8) is 0 Å². The molecular formula is C17H16N4O3. The minimum atomic E-state index is -0.660. The van der Waals surface area contributed by atoms with Crippen molar-refractivity contribution in [1.29, 1.82) is 0 Å². The molecule has 1 heterocycles. The summed E-state index contributed by atoms with van der Waals surface area (Å²) in [6, 6.07) is 19.7. The van der Waals surface area contributed by atoms with Crippen LogP contribution in [0, 0.1) is 0 Å². The van der Waals surface area contributed by atoms with Gasteiger partial charge < -0.3 is 9.84 Å². The predicted octanol–water partition coefficient (Wildman–Crippen LogP) is 2.48. The van der Waals surface area contributed by atoms with E-state index in [2.05, 4.69) is 16.0 Å². The summed E-state index contributed by atoms with van der Waals surface area (Å²) in [5.74, 6) is 0.930. The zero-order chi connectivity index (χ0) is 16.8. The van der Waals surface area contributed by atoms with Crippen molar-refractivity contribution in [3.8, 4) is 11.4 Å². The van der Waals surface area contributed by atoms with Gasteiger partial charge in [0.2, 0.25) is 0 Å². The first-order chi connectivity index (χ1) is 11.8. The smallest absolute Gasteiger partial charge is 0.409 e. The molecule has 0 aliphatic carbocycles. The number of carbonyl (C=O) groups is 1. The lowest BCUT2D eigenvalue weighted by molar-refractivity contribution is 0.202. The van der Waals surface area contributed by atoms with Gasteiger partial charge in [-0.2, -0.15) is 5.10 Å². The Morgan fingerprint density at radius 3 is 2.42 bits per heavy atom. The average Bonchev–Trinajstić information content (AvgIpc) is 3.05. The Bertz CT molecular complexity index is 803. The summed E-state index contributed by atoms with van der Waals surface area (Å²) in [6.45, 7) is -0.205. The topological polar surface area (TPSA) is 88.4 Å². The lowest BCUT2D eigenvalue weighted by Crippen LogP contribution is -2.33. The quantitative estimate of drug-likeness (QED) is 0.628. The van der Waals surface area contributed by atoms with Crippen molar-refractivity contribution in [2.75, 3.05) is 5.43 Å². The number of aromatic nitrogens is 2. The van der Waals surface area contributed by atoms with Gasteiger partial charge in [-0.25, -0.2) is 14.9 Å². The molecule has 0 aliphatic heterocycles. The molecule has 0 unspecified atom stereocenters. The minimum absolute atomic E-state index is 0.205. The lowest BCUT2D eigenvalue weighted by atomic mass is 10.3. The van der Waals surface area contributed by atoms with E-state index in [-0.39, 0.29) is 6.61 Å². The van der Waals surface area contributed by atoms with Crippen LogP contribution in [0.2, 0.25) is 0 Å². The van der Waals surface area contributed by atoms with Gasteiger partial charge in [-0.15, -0.1) is 0 Å². The van der Waals surface area contributed by atoms with E-state index in [0.717, 1.165) is 5.69 Å². The van der Waals surface area contributed by atoms with Gasteiger partial charge in [-0.3, -0.25) is 5.43 Å². The molecule has 0 aliphatic rings. The number of anilines is 1. The van der Waals surface area contributed by atoms with Crippen molar-refractivity contribution in [1.82, 2.24) is 15.2 Å². The highest BCUT2D eigenvalue weighted by Gasteiger charge is 2.10. The number of ether oxygens (including phenoxy) is 1. The van der Waals surface area contributed by atoms with E-state index in [4.69, 9.17) is 4.74 Å². The van der Waals surface area contributed by atoms with Crippen LogP contribution in [0.4, 0.5) is 10.6 Å². The second-order valence-corrected chi connectivity index (χ2v) is 4.88. The highest BCUT2D eigenvalue weighted by atomic mass is 16.6. The largest absolute Gasteiger partial charge is 0.431 e. The van der Waals surface area contributed by atoms with Crippen LogP contribution in [0.1, 0.15) is 5.69 Å². The van der Waals surface area contributed by atoms with Crippen molar-refractivity contribution in [2.24, 2.45) is 0 Å². The van der Waals surface area contributed by atoms with Gasteiger partial charge >= 0.3 is 6.09 Å². The molecule has 0 spiro atoms. The summed E-state index contributed by atoms with van der Waals surface area (Å²) in [5.41, 5.74) is 6.45. The number of aliphatic hydroxyl groups excluding tert-OH is 1. The molecule has 0 atom stereocenters. The molecule has 0 bridgehead atoms. The molecule has 1 aromatic heterocycles. The molecule has 3 rings (SSSR count). The van der Waals surface area contributed by atoms with Gasteiger partial charge in [-0.1, -0.05) is 36.4 Å². The van der Waals surface area contributed by atoms with Crippen LogP contribution in [0.5, 0.6) is 5.75 Å². The molecule has 3 aromatic rings. The van der Waals surface area contributed by atoms with Crippen molar-refractivity contribution in [3.05, 3.63) is 72.4 Å². The number of hydrazine groups is 1. The van der Waals surface area contributed by atoms with E-state index in [1.54, 1.807) is 35.0 Å². The second kappa shape index (κ2) is 7.30. The second-order valence-electron chi connectivity index (χ2n) is 4.88. The molecule has 1 amide bonds. The minimum Gasteiger partial charge on any atom is -0.409 e. The number of aliphatic hydroxyl groups is 1. The number of hydrogen-bond donors (Lipinski definition) is 3. The maximum absolute atomic E-state index is 11.8. The summed E-state index contributed by atoms with van der Waals surface area (Å²) in [6.07, 6.45) is -0.660. The summed E-state index contributed by atoms with van der Waals surface area (Å²) in [5, 5.41) is 13.6. The lowest BCUT2D eigenvalue weighted by Gasteiger charge is -2.11. The van der Waals surface area contributed by atoms with Crippen LogP contribution in [0.25, 0.3) is 5.69 Å². The standard InChI is InChI=1S/C17H16N4O3/c22-12-13-11-16(21(20-13)14-7-3-1-4-8-14)18-19-17(23)24-15-9-5-2-6-10-15/h1-11,18,22H,12H2,(H,19,23). The van der Waals surface area contributed by atoms with E-state index in [1.807, 2.05) is 36.4 Å². The maximum Gasteiger partial charge on any atom is 0.431 e. The molecular weight excluding hydrogens is 308 g/mol. The monoisotopic (exact) mass is 324 g/mol. The zero-order valence-electron chi connectivity index (χ0n) is 12.7. The average molecular weight is 324 g/mol. The SMILES string of the molecule is O=C(NNc1cc(CO)nn1-c1ccccc1)Oc1ccccc1. The summed E-state index contributed by atoms with van der Waals surface area (Å²) in [4.78, 5) is 11.8. The third-order valence-corrected chi connectivity index (χ3v) is 3.17. The van der Waals surface area contributed by atoms with Gasteiger partial charge in [0.25, 0.3) is 0 Å². The number of hydrogen-bond acceptors (Lipinski definition) is 5. The van der Waals surface area contributed by atoms with Crippen molar-refractivity contribution in [2.45, 2.75) is 6.61 Å². The number of amides is 1. The van der Waals surface area contributed by atoms with E-state index in [1.165, 1.54) is 0 Å². The first-order valence-electron chi connectivity index (χ1n) is 7.30. The summed E-state index contributed by atoms with van der Waals surface area (Å²) in [7, 11) is 0. The third kappa shape index (κ3) is 3.71. The fraction of sp³-hybridized carbons (Fsp3) is 0.0588. The zero-order valence-corrected chi connectivity index (χ0v) is 12.7. The highest BCUT2D eigenvalue weighted by Crippen LogP contribution is 2.16. The maximum atomic E-state index is 11.8. The van der Waals surface area contributed by atoms with Gasteiger partial charge in [0.1, 0.15) is 11.6 Å². The Labute approximate surface area is 138 Å². The molecule has 7 heteroatoms.